The molecule has 2 fully saturated rings. The van der Waals surface area contributed by atoms with E-state index in [1.54, 1.807) is 0 Å². The number of hydrogen-bond acceptors (Lipinski definition) is 3. The second kappa shape index (κ2) is 8.70. The number of rotatable bonds is 5. The Hall–Kier alpha value is -1.84. The molecule has 2 aromatic carbocycles. The molecule has 0 aliphatic carbocycles. The lowest BCUT2D eigenvalue weighted by Gasteiger charge is -2.40. The Balaban J connectivity index is 1.30. The maximum Gasteiger partial charge on any atom is 0.127 e. The van der Waals surface area contributed by atoms with Gasteiger partial charge in [0.1, 0.15) is 11.5 Å². The van der Waals surface area contributed by atoms with Gasteiger partial charge in [-0.25, -0.2) is 0 Å². The van der Waals surface area contributed by atoms with Crippen molar-refractivity contribution in [3.63, 3.8) is 0 Å². The summed E-state index contributed by atoms with van der Waals surface area (Å²) in [5.41, 5.74) is 1.34. The predicted molar refractivity (Wildman–Crippen MR) is 107 cm³/mol. The topological polar surface area (TPSA) is 15.7 Å². The van der Waals surface area contributed by atoms with Crippen LogP contribution >= 0.6 is 0 Å². The monoisotopic (exact) mass is 350 g/mol. The molecule has 0 radical (unpaired) electrons. The molecule has 2 aliphatic rings. The van der Waals surface area contributed by atoms with Gasteiger partial charge in [0.05, 0.1) is 0 Å². The SMILES string of the molecule is c1ccc(Oc2cccc(CN3CCC(N4CCCCC4)CC3)c2)cc1. The zero-order valence-corrected chi connectivity index (χ0v) is 15.6. The van der Waals surface area contributed by atoms with E-state index in [0.29, 0.717) is 0 Å². The summed E-state index contributed by atoms with van der Waals surface area (Å²) < 4.78 is 5.98. The molecule has 0 bridgehead atoms. The van der Waals surface area contributed by atoms with Gasteiger partial charge in [-0.05, 0) is 81.7 Å². The first kappa shape index (κ1) is 17.6. The fourth-order valence-electron chi connectivity index (χ4n) is 4.32. The number of ether oxygens (including phenoxy) is 1. The zero-order valence-electron chi connectivity index (χ0n) is 15.6. The summed E-state index contributed by atoms with van der Waals surface area (Å²) in [4.78, 5) is 5.34. The lowest BCUT2D eigenvalue weighted by molar-refractivity contribution is 0.0896. The fourth-order valence-corrected chi connectivity index (χ4v) is 4.32. The Morgan fingerprint density at radius 2 is 1.50 bits per heavy atom. The van der Waals surface area contributed by atoms with Crippen LogP contribution in [0, 0.1) is 0 Å². The molecule has 0 N–H and O–H groups in total. The second-order valence-electron chi connectivity index (χ2n) is 7.67. The molecule has 2 saturated heterocycles. The lowest BCUT2D eigenvalue weighted by Crippen LogP contribution is -2.46. The molecule has 2 heterocycles. The first-order valence-electron chi connectivity index (χ1n) is 10.1. The normalized spacial score (nSPS) is 20.2. The third-order valence-corrected chi connectivity index (χ3v) is 5.75. The van der Waals surface area contributed by atoms with Crippen LogP contribution in [0.2, 0.25) is 0 Å². The molecule has 4 rings (SSSR count). The summed E-state index contributed by atoms with van der Waals surface area (Å²) in [5.74, 6) is 1.82. The number of piperidine rings is 2. The highest BCUT2D eigenvalue weighted by Crippen LogP contribution is 2.25. The Bertz CT molecular complexity index is 674. The van der Waals surface area contributed by atoms with Crippen LogP contribution in [0.1, 0.15) is 37.7 Å². The summed E-state index contributed by atoms with van der Waals surface area (Å²) >= 11 is 0. The Morgan fingerprint density at radius 3 is 2.27 bits per heavy atom. The van der Waals surface area contributed by atoms with Gasteiger partial charge in [0.15, 0.2) is 0 Å². The first-order chi connectivity index (χ1) is 12.9. The van der Waals surface area contributed by atoms with Crippen molar-refractivity contribution in [2.75, 3.05) is 26.2 Å². The van der Waals surface area contributed by atoms with Gasteiger partial charge in [0.2, 0.25) is 0 Å². The Kier molecular flexibility index (Phi) is 5.88. The number of nitrogens with zero attached hydrogens (tertiary/aromatic N) is 2. The second-order valence-corrected chi connectivity index (χ2v) is 7.67. The molecule has 3 nitrogen and oxygen atoms in total. The van der Waals surface area contributed by atoms with Gasteiger partial charge in [0, 0.05) is 12.6 Å². The highest BCUT2D eigenvalue weighted by atomic mass is 16.5. The molecule has 0 amide bonds. The quantitative estimate of drug-likeness (QED) is 0.760. The van der Waals surface area contributed by atoms with Gasteiger partial charge in [-0.15, -0.1) is 0 Å². The van der Waals surface area contributed by atoms with Crippen molar-refractivity contribution in [3.05, 3.63) is 60.2 Å². The van der Waals surface area contributed by atoms with Crippen molar-refractivity contribution in [1.29, 1.82) is 0 Å². The number of likely N-dealkylation sites (tertiary alicyclic amines) is 2. The van der Waals surface area contributed by atoms with Gasteiger partial charge in [-0.1, -0.05) is 36.8 Å². The van der Waals surface area contributed by atoms with Crippen molar-refractivity contribution in [3.8, 4) is 11.5 Å². The van der Waals surface area contributed by atoms with Crippen molar-refractivity contribution < 1.29 is 4.74 Å². The molecule has 138 valence electrons. The zero-order chi connectivity index (χ0) is 17.6. The van der Waals surface area contributed by atoms with Crippen molar-refractivity contribution >= 4 is 0 Å². The van der Waals surface area contributed by atoms with E-state index < -0.39 is 0 Å². The first-order valence-corrected chi connectivity index (χ1v) is 10.1. The van der Waals surface area contributed by atoms with Gasteiger partial charge >= 0.3 is 0 Å². The van der Waals surface area contributed by atoms with Gasteiger partial charge in [-0.2, -0.15) is 0 Å². The van der Waals surface area contributed by atoms with E-state index >= 15 is 0 Å². The average Bonchev–Trinajstić information content (AvgIpc) is 2.70. The minimum absolute atomic E-state index is 0.819. The average molecular weight is 351 g/mol. The summed E-state index contributed by atoms with van der Waals surface area (Å²) in [5, 5.41) is 0. The summed E-state index contributed by atoms with van der Waals surface area (Å²) in [6, 6.07) is 19.4. The molecule has 26 heavy (non-hydrogen) atoms. The minimum atomic E-state index is 0.819. The molecule has 0 saturated carbocycles. The van der Waals surface area contributed by atoms with E-state index in [1.165, 1.54) is 63.8 Å². The molecule has 0 unspecified atom stereocenters. The van der Waals surface area contributed by atoms with E-state index in [2.05, 4.69) is 28.0 Å². The van der Waals surface area contributed by atoms with E-state index in [-0.39, 0.29) is 0 Å². The largest absolute Gasteiger partial charge is 0.457 e. The van der Waals surface area contributed by atoms with Gasteiger partial charge in [0.25, 0.3) is 0 Å². The molecular formula is C23H30N2O. The van der Waals surface area contributed by atoms with Crippen LogP contribution in [-0.2, 0) is 6.54 Å². The standard InChI is InChI=1S/C23H30N2O/c1-3-9-22(10-4-1)26-23-11-7-8-20(18-23)19-24-16-12-21(13-17-24)25-14-5-2-6-15-25/h1,3-4,7-11,18,21H,2,5-6,12-17,19H2. The van der Waals surface area contributed by atoms with Gasteiger partial charge in [-0.3, -0.25) is 4.90 Å². The number of para-hydroxylation sites is 1. The van der Waals surface area contributed by atoms with Gasteiger partial charge < -0.3 is 9.64 Å². The van der Waals surface area contributed by atoms with Crippen LogP contribution in [0.5, 0.6) is 11.5 Å². The lowest BCUT2D eigenvalue weighted by atomic mass is 9.99. The third-order valence-electron chi connectivity index (χ3n) is 5.75. The molecule has 3 heteroatoms. The Labute approximate surface area is 157 Å². The van der Waals surface area contributed by atoms with E-state index in [4.69, 9.17) is 4.74 Å². The van der Waals surface area contributed by atoms with E-state index in [1.807, 2.05) is 36.4 Å². The number of hydrogen-bond donors (Lipinski definition) is 0. The summed E-state index contributed by atoms with van der Waals surface area (Å²) in [7, 11) is 0. The van der Waals surface area contributed by atoms with E-state index in [0.717, 1.165) is 24.1 Å². The molecule has 0 aromatic heterocycles. The van der Waals surface area contributed by atoms with Crippen LogP contribution in [0.4, 0.5) is 0 Å². The maximum atomic E-state index is 5.98. The molecule has 0 atom stereocenters. The van der Waals surface area contributed by atoms with Crippen LogP contribution in [-0.4, -0.2) is 42.0 Å². The van der Waals surface area contributed by atoms with Crippen LogP contribution in [0.25, 0.3) is 0 Å². The highest BCUT2D eigenvalue weighted by Gasteiger charge is 2.25. The highest BCUT2D eigenvalue weighted by molar-refractivity contribution is 5.33. The smallest absolute Gasteiger partial charge is 0.127 e. The maximum absolute atomic E-state index is 5.98. The molecular weight excluding hydrogens is 320 g/mol. The van der Waals surface area contributed by atoms with Crippen molar-refractivity contribution in [1.82, 2.24) is 9.80 Å². The summed E-state index contributed by atoms with van der Waals surface area (Å²) in [6.07, 6.45) is 6.86. The van der Waals surface area contributed by atoms with Crippen molar-refractivity contribution in [2.24, 2.45) is 0 Å². The van der Waals surface area contributed by atoms with Crippen LogP contribution < -0.4 is 4.74 Å². The van der Waals surface area contributed by atoms with Crippen molar-refractivity contribution in [2.45, 2.75) is 44.7 Å². The predicted octanol–water partition coefficient (Wildman–Crippen LogP) is 4.93. The number of benzene rings is 2. The molecule has 2 aliphatic heterocycles. The molecule has 2 aromatic rings. The third kappa shape index (κ3) is 4.66. The van der Waals surface area contributed by atoms with Crippen LogP contribution in [0.3, 0.4) is 0 Å². The molecule has 0 spiro atoms. The minimum Gasteiger partial charge on any atom is -0.457 e. The van der Waals surface area contributed by atoms with Crippen LogP contribution in [0.15, 0.2) is 54.6 Å². The fraction of sp³-hybridized carbons (Fsp3) is 0.478. The Morgan fingerprint density at radius 1 is 0.769 bits per heavy atom. The van der Waals surface area contributed by atoms with E-state index in [9.17, 15) is 0 Å². The summed E-state index contributed by atoms with van der Waals surface area (Å²) in [6.45, 7) is 6.10.